The van der Waals surface area contributed by atoms with Crippen molar-refractivity contribution in [1.29, 1.82) is 0 Å². The van der Waals surface area contributed by atoms with E-state index in [4.69, 9.17) is 5.11 Å². The first-order valence-corrected chi connectivity index (χ1v) is 6.19. The quantitative estimate of drug-likeness (QED) is 0.659. The monoisotopic (exact) mass is 266 g/mol. The van der Waals surface area contributed by atoms with E-state index >= 15 is 0 Å². The summed E-state index contributed by atoms with van der Waals surface area (Å²) in [5.41, 5.74) is 2.93. The Kier molecular flexibility index (Phi) is 4.67. The molecule has 0 aliphatic carbocycles. The van der Waals surface area contributed by atoms with Gasteiger partial charge in [-0.15, -0.1) is 0 Å². The number of carbonyl (C=O) groups excluding carboxylic acids is 1. The Labute approximate surface area is 117 Å². The summed E-state index contributed by atoms with van der Waals surface area (Å²) in [7, 11) is 0. The van der Waals surface area contributed by atoms with Gasteiger partial charge in [0.05, 0.1) is 6.61 Å². The third-order valence-electron chi connectivity index (χ3n) is 2.87. The van der Waals surface area contributed by atoms with Crippen LogP contribution in [0, 0.1) is 11.8 Å². The molecule has 0 saturated carbocycles. The highest BCUT2D eigenvalue weighted by molar-refractivity contribution is 5.74. The van der Waals surface area contributed by atoms with E-state index in [-0.39, 0.29) is 6.61 Å². The van der Waals surface area contributed by atoms with Crippen LogP contribution in [0.3, 0.4) is 0 Å². The first kappa shape index (κ1) is 14.0. The van der Waals surface area contributed by atoms with E-state index in [0.717, 1.165) is 17.4 Å². The highest BCUT2D eigenvalue weighted by Gasteiger charge is 2.04. The second kappa shape index (κ2) is 6.67. The second-order valence-corrected chi connectivity index (χ2v) is 4.31. The summed E-state index contributed by atoms with van der Waals surface area (Å²) in [6.07, 6.45) is -0.0598. The maximum absolute atomic E-state index is 10.5. The Balaban J connectivity index is 2.13. The maximum Gasteiger partial charge on any atom is 0.150 e. The molecule has 3 nitrogen and oxygen atoms in total. The summed E-state index contributed by atoms with van der Waals surface area (Å²) >= 11 is 0. The van der Waals surface area contributed by atoms with E-state index in [0.29, 0.717) is 11.1 Å². The summed E-state index contributed by atoms with van der Waals surface area (Å²) in [5, 5.41) is 18.3. The predicted octanol–water partition coefficient (Wildman–Crippen LogP) is 1.92. The molecule has 0 amide bonds. The zero-order valence-corrected chi connectivity index (χ0v) is 10.8. The van der Waals surface area contributed by atoms with Crippen molar-refractivity contribution in [1.82, 2.24) is 0 Å². The lowest BCUT2D eigenvalue weighted by Crippen LogP contribution is -2.01. The minimum Gasteiger partial charge on any atom is -0.393 e. The van der Waals surface area contributed by atoms with Crippen LogP contribution in [-0.2, 0) is 0 Å². The molecule has 0 heterocycles. The van der Waals surface area contributed by atoms with Crippen LogP contribution in [-0.4, -0.2) is 23.1 Å². The third kappa shape index (κ3) is 3.55. The van der Waals surface area contributed by atoms with Crippen LogP contribution in [0.15, 0.2) is 48.5 Å². The molecule has 0 radical (unpaired) electrons. The van der Waals surface area contributed by atoms with Crippen LogP contribution in [0.1, 0.15) is 33.2 Å². The summed E-state index contributed by atoms with van der Waals surface area (Å²) in [6, 6.07) is 14.1. The first-order valence-electron chi connectivity index (χ1n) is 6.19. The molecule has 0 aromatic heterocycles. The second-order valence-electron chi connectivity index (χ2n) is 4.31. The molecule has 0 spiro atoms. The predicted molar refractivity (Wildman–Crippen MR) is 76.3 cm³/mol. The van der Waals surface area contributed by atoms with Crippen molar-refractivity contribution in [2.24, 2.45) is 0 Å². The van der Waals surface area contributed by atoms with Crippen LogP contribution in [0.4, 0.5) is 0 Å². The third-order valence-corrected chi connectivity index (χ3v) is 2.87. The van der Waals surface area contributed by atoms with Crippen molar-refractivity contribution >= 4 is 6.29 Å². The lowest BCUT2D eigenvalue weighted by Gasteiger charge is -2.06. The van der Waals surface area contributed by atoms with Crippen LogP contribution in [0.5, 0.6) is 0 Å². The number of hydrogen-bond acceptors (Lipinski definition) is 3. The lowest BCUT2D eigenvalue weighted by molar-refractivity contribution is 0.0956. The summed E-state index contributed by atoms with van der Waals surface area (Å²) in [6.45, 7) is -0.298. The fourth-order valence-electron chi connectivity index (χ4n) is 1.68. The fourth-order valence-corrected chi connectivity index (χ4v) is 1.68. The Bertz CT molecular complexity index is 631. The van der Waals surface area contributed by atoms with Crippen molar-refractivity contribution in [3.8, 4) is 11.8 Å². The lowest BCUT2D eigenvalue weighted by atomic mass is 10.1. The van der Waals surface area contributed by atoms with E-state index in [2.05, 4.69) is 11.8 Å². The highest BCUT2D eigenvalue weighted by atomic mass is 16.3. The van der Waals surface area contributed by atoms with E-state index in [1.54, 1.807) is 48.5 Å². The van der Waals surface area contributed by atoms with Gasteiger partial charge in [0.15, 0.2) is 0 Å². The number of benzene rings is 2. The summed E-state index contributed by atoms with van der Waals surface area (Å²) in [5.74, 6) is 6.00. The number of rotatable bonds is 3. The van der Waals surface area contributed by atoms with Gasteiger partial charge in [-0.05, 0) is 29.8 Å². The average molecular weight is 266 g/mol. The van der Waals surface area contributed by atoms with Crippen molar-refractivity contribution in [2.45, 2.75) is 6.10 Å². The number of aldehydes is 1. The summed E-state index contributed by atoms with van der Waals surface area (Å²) < 4.78 is 0. The standard InChI is InChI=1S/C17H14O3/c18-11-15-5-3-13(4-6-15)1-2-14-7-9-16(10-8-14)17(20)12-19/h3-11,17,19-20H,12H2/t17-/m1/s1. The van der Waals surface area contributed by atoms with E-state index in [1.165, 1.54) is 0 Å². The minimum absolute atomic E-state index is 0.298. The molecule has 20 heavy (non-hydrogen) atoms. The van der Waals surface area contributed by atoms with Crippen molar-refractivity contribution in [3.63, 3.8) is 0 Å². The van der Waals surface area contributed by atoms with Crippen molar-refractivity contribution in [3.05, 3.63) is 70.8 Å². The molecule has 0 saturated heterocycles. The Morgan fingerprint density at radius 3 is 1.90 bits per heavy atom. The molecule has 1 atom stereocenters. The van der Waals surface area contributed by atoms with Gasteiger partial charge in [0, 0.05) is 16.7 Å². The van der Waals surface area contributed by atoms with Gasteiger partial charge in [-0.3, -0.25) is 4.79 Å². The van der Waals surface area contributed by atoms with Crippen LogP contribution in [0.2, 0.25) is 0 Å². The van der Waals surface area contributed by atoms with E-state index in [1.807, 2.05) is 0 Å². The molecule has 2 rings (SSSR count). The van der Waals surface area contributed by atoms with Gasteiger partial charge in [-0.25, -0.2) is 0 Å². The smallest absolute Gasteiger partial charge is 0.150 e. The molecule has 0 bridgehead atoms. The molecular weight excluding hydrogens is 252 g/mol. The topological polar surface area (TPSA) is 57.5 Å². The zero-order chi connectivity index (χ0) is 14.4. The van der Waals surface area contributed by atoms with E-state index < -0.39 is 6.10 Å². The molecule has 0 fully saturated rings. The van der Waals surface area contributed by atoms with Gasteiger partial charge in [-0.2, -0.15) is 0 Å². The summed E-state index contributed by atoms with van der Waals surface area (Å²) in [4.78, 5) is 10.5. The number of hydrogen-bond donors (Lipinski definition) is 2. The molecule has 100 valence electrons. The van der Waals surface area contributed by atoms with Gasteiger partial charge in [0.25, 0.3) is 0 Å². The Hall–Kier alpha value is -2.41. The van der Waals surface area contributed by atoms with Crippen molar-refractivity contribution in [2.75, 3.05) is 6.61 Å². The first-order chi connectivity index (χ1) is 9.72. The Morgan fingerprint density at radius 2 is 1.45 bits per heavy atom. The van der Waals surface area contributed by atoms with Gasteiger partial charge in [-0.1, -0.05) is 36.1 Å². The van der Waals surface area contributed by atoms with E-state index in [9.17, 15) is 9.90 Å². The maximum atomic E-state index is 10.5. The van der Waals surface area contributed by atoms with Crippen LogP contribution < -0.4 is 0 Å². The van der Waals surface area contributed by atoms with Gasteiger partial charge in [0.2, 0.25) is 0 Å². The molecule has 0 unspecified atom stereocenters. The largest absolute Gasteiger partial charge is 0.393 e. The normalized spacial score (nSPS) is 11.3. The van der Waals surface area contributed by atoms with Crippen molar-refractivity contribution < 1.29 is 15.0 Å². The average Bonchev–Trinajstić information content (AvgIpc) is 2.53. The molecule has 0 aliphatic rings. The number of aliphatic hydroxyl groups excluding tert-OH is 2. The molecule has 2 aromatic carbocycles. The molecule has 0 aliphatic heterocycles. The van der Waals surface area contributed by atoms with Crippen LogP contribution in [0.25, 0.3) is 0 Å². The fraction of sp³-hybridized carbons (Fsp3) is 0.118. The highest BCUT2D eigenvalue weighted by Crippen LogP contribution is 2.12. The molecule has 2 N–H and O–H groups in total. The van der Waals surface area contributed by atoms with Crippen LogP contribution >= 0.6 is 0 Å². The number of aliphatic hydroxyl groups is 2. The van der Waals surface area contributed by atoms with Gasteiger partial charge >= 0.3 is 0 Å². The zero-order valence-electron chi connectivity index (χ0n) is 10.8. The SMILES string of the molecule is O=Cc1ccc(C#Cc2ccc([C@H](O)CO)cc2)cc1. The molecule has 2 aromatic rings. The minimum atomic E-state index is -0.854. The molecular formula is C17H14O3. The number of carbonyl (C=O) groups is 1. The van der Waals surface area contributed by atoms with Gasteiger partial charge in [0.1, 0.15) is 12.4 Å². The molecule has 3 heteroatoms. The Morgan fingerprint density at radius 1 is 0.950 bits per heavy atom. The van der Waals surface area contributed by atoms with Gasteiger partial charge < -0.3 is 10.2 Å².